The van der Waals surface area contributed by atoms with Crippen molar-refractivity contribution in [3.05, 3.63) is 24.3 Å². The molecule has 1 amide bonds. The van der Waals surface area contributed by atoms with Gasteiger partial charge in [-0.2, -0.15) is 0 Å². The number of ether oxygens (including phenoxy) is 1. The summed E-state index contributed by atoms with van der Waals surface area (Å²) in [6.45, 7) is 4.79. The number of rotatable bonds is 7. The third-order valence-electron chi connectivity index (χ3n) is 2.58. The Morgan fingerprint density at radius 1 is 1.30 bits per heavy atom. The number of hydrogen-bond acceptors (Lipinski definition) is 3. The van der Waals surface area contributed by atoms with Crippen molar-refractivity contribution in [3.8, 4) is 5.75 Å². The summed E-state index contributed by atoms with van der Waals surface area (Å²) < 4.78 is 5.54. The molecule has 4 nitrogen and oxygen atoms in total. The Morgan fingerprint density at radius 3 is 2.80 bits per heavy atom. The monoisotopic (exact) mass is 294 g/mol. The van der Waals surface area contributed by atoms with E-state index in [1.165, 1.54) is 0 Å². The Hall–Kier alpha value is -1.62. The van der Waals surface area contributed by atoms with Crippen molar-refractivity contribution >= 4 is 28.9 Å². The molecule has 0 aliphatic heterocycles. The molecule has 0 aliphatic rings. The molecule has 0 radical (unpaired) electrons. The zero-order valence-corrected chi connectivity index (χ0v) is 12.9. The van der Waals surface area contributed by atoms with E-state index in [1.54, 1.807) is 0 Å². The second-order valence-electron chi connectivity index (χ2n) is 4.48. The van der Waals surface area contributed by atoms with Gasteiger partial charge in [0.1, 0.15) is 5.75 Å². The minimum absolute atomic E-state index is 0.0530. The minimum Gasteiger partial charge on any atom is -0.494 e. The number of carbonyl (C=O) groups excluding carboxylic acids is 1. The van der Waals surface area contributed by atoms with Crippen LogP contribution in [0.5, 0.6) is 5.75 Å². The number of nitrogens with one attached hydrogen (secondary N) is 2. The maximum absolute atomic E-state index is 11.5. The highest BCUT2D eigenvalue weighted by molar-refractivity contribution is 7.80. The topological polar surface area (TPSA) is 50.4 Å². The lowest BCUT2D eigenvalue weighted by Crippen LogP contribution is -2.33. The minimum atomic E-state index is -0.0530. The molecule has 0 heterocycles. The predicted molar refractivity (Wildman–Crippen MR) is 86.1 cm³/mol. The van der Waals surface area contributed by atoms with Gasteiger partial charge in [-0.15, -0.1) is 0 Å². The predicted octanol–water partition coefficient (Wildman–Crippen LogP) is 3.48. The van der Waals surface area contributed by atoms with Gasteiger partial charge >= 0.3 is 0 Å². The number of anilines is 1. The first kappa shape index (κ1) is 16.4. The summed E-state index contributed by atoms with van der Waals surface area (Å²) in [5.41, 5.74) is 0.805. The van der Waals surface area contributed by atoms with Gasteiger partial charge in [-0.3, -0.25) is 4.79 Å². The third kappa shape index (κ3) is 6.52. The molecule has 0 fully saturated rings. The van der Waals surface area contributed by atoms with Crippen molar-refractivity contribution < 1.29 is 9.53 Å². The van der Waals surface area contributed by atoms with Gasteiger partial charge in [-0.05, 0) is 37.2 Å². The first-order valence-corrected chi connectivity index (χ1v) is 7.40. The molecule has 5 heteroatoms. The lowest BCUT2D eigenvalue weighted by atomic mass is 10.2. The molecule has 0 spiro atoms. The molecule has 0 aliphatic carbocycles. The highest BCUT2D eigenvalue weighted by atomic mass is 32.1. The van der Waals surface area contributed by atoms with Crippen LogP contribution in [0.4, 0.5) is 5.69 Å². The molecule has 0 saturated heterocycles. The molecule has 1 rings (SSSR count). The standard InChI is InChI=1S/C15H22N2O2S/c1-3-5-9-14(18)17-15(20)16-12-7-6-8-13(11-12)19-10-4-2/h6-8,11H,3-5,9-10H2,1-2H3,(H2,16,17,18,20). The molecule has 0 bridgehead atoms. The first-order valence-electron chi connectivity index (χ1n) is 6.99. The summed E-state index contributed by atoms with van der Waals surface area (Å²) in [5.74, 6) is 0.736. The number of unbranched alkanes of at least 4 members (excludes halogenated alkanes) is 1. The molecule has 1 aromatic carbocycles. The van der Waals surface area contributed by atoms with E-state index in [0.29, 0.717) is 18.1 Å². The van der Waals surface area contributed by atoms with Crippen LogP contribution < -0.4 is 15.4 Å². The summed E-state index contributed by atoms with van der Waals surface area (Å²) in [6.07, 6.45) is 3.32. The maximum Gasteiger partial charge on any atom is 0.226 e. The van der Waals surface area contributed by atoms with Gasteiger partial charge < -0.3 is 15.4 Å². The van der Waals surface area contributed by atoms with E-state index in [9.17, 15) is 4.79 Å². The van der Waals surface area contributed by atoms with Crippen LogP contribution in [-0.4, -0.2) is 17.6 Å². The molecule has 20 heavy (non-hydrogen) atoms. The van der Waals surface area contributed by atoms with Gasteiger partial charge in [0.25, 0.3) is 0 Å². The zero-order chi connectivity index (χ0) is 14.8. The van der Waals surface area contributed by atoms with Crippen molar-refractivity contribution in [1.82, 2.24) is 5.32 Å². The van der Waals surface area contributed by atoms with Crippen molar-refractivity contribution in [2.75, 3.05) is 11.9 Å². The summed E-state index contributed by atoms with van der Waals surface area (Å²) in [7, 11) is 0. The number of amides is 1. The van der Waals surface area contributed by atoms with E-state index in [1.807, 2.05) is 31.2 Å². The number of benzene rings is 1. The second kappa shape index (κ2) is 9.31. The van der Waals surface area contributed by atoms with Crippen molar-refractivity contribution in [2.24, 2.45) is 0 Å². The fourth-order valence-corrected chi connectivity index (χ4v) is 1.80. The highest BCUT2D eigenvalue weighted by Crippen LogP contribution is 2.17. The van der Waals surface area contributed by atoms with Gasteiger partial charge in [0, 0.05) is 18.2 Å². The molecule has 0 unspecified atom stereocenters. The van der Waals surface area contributed by atoms with Gasteiger partial charge in [-0.1, -0.05) is 26.3 Å². The number of thiocarbonyl (C=S) groups is 1. The van der Waals surface area contributed by atoms with Crippen LogP contribution >= 0.6 is 12.2 Å². The second-order valence-corrected chi connectivity index (χ2v) is 4.89. The highest BCUT2D eigenvalue weighted by Gasteiger charge is 2.04. The lowest BCUT2D eigenvalue weighted by molar-refractivity contribution is -0.119. The van der Waals surface area contributed by atoms with Crippen molar-refractivity contribution in [3.63, 3.8) is 0 Å². The van der Waals surface area contributed by atoms with E-state index in [-0.39, 0.29) is 5.91 Å². The molecule has 0 saturated carbocycles. The Kier molecular flexibility index (Phi) is 7.65. The zero-order valence-electron chi connectivity index (χ0n) is 12.1. The Balaban J connectivity index is 2.46. The summed E-state index contributed by atoms with van der Waals surface area (Å²) in [5, 5.41) is 5.97. The molecule has 0 aromatic heterocycles. The molecular weight excluding hydrogens is 272 g/mol. The van der Waals surface area contributed by atoms with E-state index in [0.717, 1.165) is 30.7 Å². The maximum atomic E-state index is 11.5. The Labute approximate surface area is 125 Å². The fraction of sp³-hybridized carbons (Fsp3) is 0.467. The number of hydrogen-bond donors (Lipinski definition) is 2. The quantitative estimate of drug-likeness (QED) is 0.756. The van der Waals surface area contributed by atoms with Gasteiger partial charge in [-0.25, -0.2) is 0 Å². The van der Waals surface area contributed by atoms with Crippen LogP contribution in [0.2, 0.25) is 0 Å². The van der Waals surface area contributed by atoms with E-state index in [2.05, 4.69) is 17.6 Å². The summed E-state index contributed by atoms with van der Waals surface area (Å²) in [6, 6.07) is 7.52. The van der Waals surface area contributed by atoms with E-state index in [4.69, 9.17) is 17.0 Å². The lowest BCUT2D eigenvalue weighted by Gasteiger charge is -2.11. The Morgan fingerprint density at radius 2 is 2.10 bits per heavy atom. The summed E-state index contributed by atoms with van der Waals surface area (Å²) >= 11 is 5.11. The first-order chi connectivity index (χ1) is 9.65. The molecule has 0 atom stereocenters. The molecule has 110 valence electrons. The van der Waals surface area contributed by atoms with Gasteiger partial charge in [0.05, 0.1) is 6.61 Å². The molecular formula is C15H22N2O2S. The number of carbonyl (C=O) groups is 1. The van der Waals surface area contributed by atoms with Crippen LogP contribution in [0.1, 0.15) is 39.5 Å². The van der Waals surface area contributed by atoms with Crippen LogP contribution in [0.3, 0.4) is 0 Å². The normalized spacial score (nSPS) is 9.90. The van der Waals surface area contributed by atoms with Crippen LogP contribution in [0, 0.1) is 0 Å². The van der Waals surface area contributed by atoms with Crippen molar-refractivity contribution in [1.29, 1.82) is 0 Å². The Bertz CT molecular complexity index is 449. The van der Waals surface area contributed by atoms with Crippen LogP contribution in [0.15, 0.2) is 24.3 Å². The fourth-order valence-electron chi connectivity index (χ4n) is 1.57. The smallest absolute Gasteiger partial charge is 0.226 e. The molecule has 2 N–H and O–H groups in total. The largest absolute Gasteiger partial charge is 0.494 e. The van der Waals surface area contributed by atoms with Gasteiger partial charge in [0.2, 0.25) is 5.91 Å². The average molecular weight is 294 g/mol. The van der Waals surface area contributed by atoms with Crippen molar-refractivity contribution in [2.45, 2.75) is 39.5 Å². The van der Waals surface area contributed by atoms with E-state index < -0.39 is 0 Å². The summed E-state index contributed by atoms with van der Waals surface area (Å²) in [4.78, 5) is 11.5. The van der Waals surface area contributed by atoms with Crippen LogP contribution in [-0.2, 0) is 4.79 Å². The third-order valence-corrected chi connectivity index (χ3v) is 2.78. The van der Waals surface area contributed by atoms with Crippen LogP contribution in [0.25, 0.3) is 0 Å². The van der Waals surface area contributed by atoms with E-state index >= 15 is 0 Å². The SMILES string of the molecule is CCCCC(=O)NC(=S)Nc1cccc(OCCC)c1. The molecule has 1 aromatic rings. The average Bonchev–Trinajstić information content (AvgIpc) is 2.43. The van der Waals surface area contributed by atoms with Gasteiger partial charge in [0.15, 0.2) is 5.11 Å².